The van der Waals surface area contributed by atoms with E-state index in [4.69, 9.17) is 18.9 Å². The first kappa shape index (κ1) is 30.2. The van der Waals surface area contributed by atoms with Crippen LogP contribution in [-0.4, -0.2) is 70.7 Å². The predicted molar refractivity (Wildman–Crippen MR) is 176 cm³/mol. The molecule has 0 aliphatic heterocycles. The second-order valence-electron chi connectivity index (χ2n) is 11.0. The van der Waals surface area contributed by atoms with E-state index in [9.17, 15) is 24.6 Å². The van der Waals surface area contributed by atoms with Gasteiger partial charge in [-0.15, -0.1) is 0 Å². The van der Waals surface area contributed by atoms with Crippen molar-refractivity contribution in [2.45, 2.75) is 20.3 Å². The van der Waals surface area contributed by atoms with Crippen LogP contribution >= 0.6 is 0 Å². The third-order valence-electron chi connectivity index (χ3n) is 8.66. The van der Waals surface area contributed by atoms with Crippen molar-refractivity contribution in [3.8, 4) is 23.0 Å². The zero-order valence-corrected chi connectivity index (χ0v) is 25.9. The first-order valence-corrected chi connectivity index (χ1v) is 14.5. The number of aliphatic hydroxyl groups excluding tert-OH is 2. The van der Waals surface area contributed by atoms with E-state index in [2.05, 4.69) is 10.6 Å². The lowest BCUT2D eigenvalue weighted by molar-refractivity contribution is -0.111. The molecular weight excluding hydrogens is 580 g/mol. The van der Waals surface area contributed by atoms with Crippen molar-refractivity contribution in [3.63, 3.8) is 0 Å². The van der Waals surface area contributed by atoms with Crippen molar-refractivity contribution in [2.24, 2.45) is 0 Å². The van der Waals surface area contributed by atoms with E-state index in [-0.39, 0.29) is 72.0 Å². The van der Waals surface area contributed by atoms with Crippen LogP contribution in [0.5, 0.6) is 23.0 Å². The van der Waals surface area contributed by atoms with Crippen LogP contribution in [0.15, 0.2) is 27.3 Å². The van der Waals surface area contributed by atoms with E-state index in [1.54, 1.807) is 0 Å². The van der Waals surface area contributed by atoms with Gasteiger partial charge in [-0.25, -0.2) is 0 Å². The second kappa shape index (κ2) is 11.2. The number of anilines is 2. The van der Waals surface area contributed by atoms with Gasteiger partial charge in [0.2, 0.25) is 0 Å². The number of aliphatic hydroxyl groups is 2. The third kappa shape index (κ3) is 4.07. The second-order valence-corrected chi connectivity index (χ2v) is 11.0. The van der Waals surface area contributed by atoms with E-state index >= 15 is 0 Å². The highest BCUT2D eigenvalue weighted by atomic mass is 16.5. The van der Waals surface area contributed by atoms with Crippen molar-refractivity contribution < 1.29 is 34.0 Å². The Balaban J connectivity index is 2.13. The standard InChI is InChI=1S/C34H34N2O9/c1-14-11-16-22-27-23(31(33(16)44-5)35-7-9-37)17(40)12-19(42-3)25(27)26-20(43-4)13-18(41)24-29(26)28(22)30(21(14)15(2)39)34(45-6)32(24)36-8-10-38/h12-13,35-38H,7-11H2,1-6H3. The van der Waals surface area contributed by atoms with Gasteiger partial charge in [-0.2, -0.15) is 0 Å². The minimum Gasteiger partial charge on any atom is -0.496 e. The average molecular weight is 615 g/mol. The molecule has 1 aliphatic carbocycles. The van der Waals surface area contributed by atoms with E-state index in [0.29, 0.717) is 71.5 Å². The summed E-state index contributed by atoms with van der Waals surface area (Å²) in [7, 11) is 5.91. The van der Waals surface area contributed by atoms with Gasteiger partial charge in [0.05, 0.1) is 63.8 Å². The molecule has 0 bridgehead atoms. The molecule has 45 heavy (non-hydrogen) atoms. The summed E-state index contributed by atoms with van der Waals surface area (Å²) in [5.41, 5.74) is 2.30. The van der Waals surface area contributed by atoms with Crippen LogP contribution in [0.25, 0.3) is 48.7 Å². The highest BCUT2D eigenvalue weighted by Crippen LogP contribution is 2.57. The molecule has 0 spiro atoms. The predicted octanol–water partition coefficient (Wildman–Crippen LogP) is 3.66. The maximum absolute atomic E-state index is 14.0. The lowest BCUT2D eigenvalue weighted by Crippen LogP contribution is -2.15. The summed E-state index contributed by atoms with van der Waals surface area (Å²) >= 11 is 0. The fourth-order valence-corrected chi connectivity index (χ4v) is 7.20. The SMILES string of the molecule is COc1c(NCCO)c2c(=O)cc(OC)c3c4c(OC)cc(=O)c5c(NCCO)c(OC)c6c(c(c1CC(C)=C6C(C)=O)c23)c54. The monoisotopic (exact) mass is 614 g/mol. The number of carbonyl (C=O) groups is 1. The molecule has 0 heterocycles. The normalized spacial score (nSPS) is 12.9. The van der Waals surface area contributed by atoms with Crippen LogP contribution in [-0.2, 0) is 11.2 Å². The van der Waals surface area contributed by atoms with Crippen LogP contribution in [0.4, 0.5) is 11.4 Å². The van der Waals surface area contributed by atoms with Gasteiger partial charge in [-0.05, 0) is 25.7 Å². The fraction of sp³-hybridized carbons (Fsp3) is 0.324. The average Bonchev–Trinajstić information content (AvgIpc) is 3.16. The number of rotatable bonds is 11. The van der Waals surface area contributed by atoms with E-state index in [1.807, 2.05) is 6.92 Å². The summed E-state index contributed by atoms with van der Waals surface area (Å²) < 4.78 is 23.7. The van der Waals surface area contributed by atoms with E-state index < -0.39 is 0 Å². The van der Waals surface area contributed by atoms with Crippen molar-refractivity contribution in [3.05, 3.63) is 49.3 Å². The number of allylic oxidation sites excluding steroid dienone is 2. The molecule has 0 unspecified atom stereocenters. The Kier molecular flexibility index (Phi) is 7.54. The van der Waals surface area contributed by atoms with Gasteiger partial charge in [0.25, 0.3) is 0 Å². The van der Waals surface area contributed by atoms with E-state index in [0.717, 1.165) is 5.57 Å². The Bertz CT molecular complexity index is 2190. The lowest BCUT2D eigenvalue weighted by Gasteiger charge is -2.26. The zero-order chi connectivity index (χ0) is 32.3. The van der Waals surface area contributed by atoms with Gasteiger partial charge in [-0.3, -0.25) is 14.4 Å². The molecule has 0 saturated carbocycles. The van der Waals surface area contributed by atoms with Gasteiger partial charge in [0.1, 0.15) is 17.2 Å². The lowest BCUT2D eigenvalue weighted by atomic mass is 9.82. The zero-order valence-electron chi connectivity index (χ0n) is 25.9. The summed E-state index contributed by atoms with van der Waals surface area (Å²) in [4.78, 5) is 41.6. The van der Waals surface area contributed by atoms with Gasteiger partial charge in [0, 0.05) is 68.9 Å². The number of methoxy groups -OCH3 is 4. The molecule has 5 aromatic carbocycles. The Labute approximate surface area is 257 Å². The molecule has 11 nitrogen and oxygen atoms in total. The number of Topliss-reactive ketones (excluding diaryl/α,β-unsaturated/α-hetero) is 1. The number of fused-ring (bicyclic) bond motifs is 1. The fourth-order valence-electron chi connectivity index (χ4n) is 7.20. The summed E-state index contributed by atoms with van der Waals surface area (Å²) in [6.07, 6.45) is 0.268. The third-order valence-corrected chi connectivity index (χ3v) is 8.66. The maximum Gasteiger partial charge on any atom is 0.192 e. The van der Waals surface area contributed by atoms with Crippen molar-refractivity contribution in [1.29, 1.82) is 0 Å². The van der Waals surface area contributed by atoms with Gasteiger partial charge in [-0.1, -0.05) is 5.57 Å². The van der Waals surface area contributed by atoms with Crippen molar-refractivity contribution >= 4 is 65.8 Å². The molecule has 0 atom stereocenters. The first-order valence-electron chi connectivity index (χ1n) is 14.5. The molecular formula is C34H34N2O9. The van der Waals surface area contributed by atoms with Crippen LogP contribution in [0.2, 0.25) is 0 Å². The van der Waals surface area contributed by atoms with Gasteiger partial charge < -0.3 is 39.8 Å². The maximum atomic E-state index is 14.0. The summed E-state index contributed by atoms with van der Waals surface area (Å²) in [6, 6.07) is 2.78. The number of hydrogen-bond acceptors (Lipinski definition) is 11. The largest absolute Gasteiger partial charge is 0.496 e. The molecule has 234 valence electrons. The van der Waals surface area contributed by atoms with Crippen LogP contribution < -0.4 is 40.4 Å². The number of benzene rings is 5. The molecule has 5 aromatic rings. The van der Waals surface area contributed by atoms with Crippen LogP contribution in [0.3, 0.4) is 0 Å². The molecule has 0 amide bonds. The molecule has 0 aromatic heterocycles. The molecule has 6 rings (SSSR count). The summed E-state index contributed by atoms with van der Waals surface area (Å²) in [5, 5.41) is 29.7. The molecule has 0 saturated heterocycles. The number of ketones is 1. The Morgan fingerprint density at radius 3 is 1.64 bits per heavy atom. The van der Waals surface area contributed by atoms with Crippen molar-refractivity contribution in [2.75, 3.05) is 65.4 Å². The van der Waals surface area contributed by atoms with Gasteiger partial charge >= 0.3 is 0 Å². The van der Waals surface area contributed by atoms with Crippen LogP contribution in [0.1, 0.15) is 25.0 Å². The first-order chi connectivity index (χ1) is 21.7. The molecule has 4 N–H and O–H groups in total. The molecule has 11 heteroatoms. The molecule has 1 aliphatic rings. The van der Waals surface area contributed by atoms with Crippen LogP contribution in [0, 0.1) is 0 Å². The Morgan fingerprint density at radius 2 is 1.20 bits per heavy atom. The molecule has 0 radical (unpaired) electrons. The minimum absolute atomic E-state index is 0.108. The molecule has 0 fully saturated rings. The minimum atomic E-state index is -0.365. The van der Waals surface area contributed by atoms with Crippen molar-refractivity contribution in [1.82, 2.24) is 0 Å². The Morgan fingerprint density at radius 1 is 0.711 bits per heavy atom. The highest BCUT2D eigenvalue weighted by molar-refractivity contribution is 6.42. The quantitative estimate of drug-likeness (QED) is 0.127. The smallest absolute Gasteiger partial charge is 0.192 e. The Hall–Kier alpha value is -4.87. The number of carbonyl (C=O) groups excluding carboxylic acids is 1. The van der Waals surface area contributed by atoms with E-state index in [1.165, 1.54) is 47.5 Å². The number of nitrogens with one attached hydrogen (secondary N) is 2. The summed E-state index contributed by atoms with van der Waals surface area (Å²) in [6.45, 7) is 3.18. The highest BCUT2D eigenvalue weighted by Gasteiger charge is 2.36. The number of ether oxygens (including phenoxy) is 4. The summed E-state index contributed by atoms with van der Waals surface area (Å²) in [5.74, 6) is 0.967. The number of hydrogen-bond donors (Lipinski definition) is 4. The van der Waals surface area contributed by atoms with Gasteiger partial charge in [0.15, 0.2) is 22.4 Å². The topological polar surface area (TPSA) is 153 Å².